The summed E-state index contributed by atoms with van der Waals surface area (Å²) in [5.41, 5.74) is -0.469. The average Bonchev–Trinajstić information content (AvgIpc) is 2.95. The Hall–Kier alpha value is -1.32. The first-order chi connectivity index (χ1) is 7.06. The van der Waals surface area contributed by atoms with Gasteiger partial charge in [0.15, 0.2) is 11.6 Å². The first kappa shape index (κ1) is 10.2. The second kappa shape index (κ2) is 3.36. The van der Waals surface area contributed by atoms with Gasteiger partial charge in [-0.05, 0) is 30.9 Å². The average molecular weight is 214 g/mol. The number of benzene rings is 1. The molecule has 0 bridgehead atoms. The van der Waals surface area contributed by atoms with Gasteiger partial charge < -0.3 is 4.79 Å². The van der Waals surface area contributed by atoms with Crippen LogP contribution in [0.4, 0.5) is 13.2 Å². The summed E-state index contributed by atoms with van der Waals surface area (Å²) in [5, 5.41) is 0. The van der Waals surface area contributed by atoms with Crippen molar-refractivity contribution in [3.8, 4) is 0 Å². The van der Waals surface area contributed by atoms with E-state index in [9.17, 15) is 18.0 Å². The van der Waals surface area contributed by atoms with Gasteiger partial charge >= 0.3 is 0 Å². The fraction of sp³-hybridized carbons (Fsp3) is 0.364. The van der Waals surface area contributed by atoms with E-state index in [0.29, 0.717) is 18.9 Å². The van der Waals surface area contributed by atoms with Gasteiger partial charge in [0.05, 0.1) is 0 Å². The summed E-state index contributed by atoms with van der Waals surface area (Å²) in [6.45, 7) is 0. The first-order valence-electron chi connectivity index (χ1n) is 4.66. The molecule has 0 saturated heterocycles. The maximum absolute atomic E-state index is 13.2. The molecule has 1 fully saturated rings. The van der Waals surface area contributed by atoms with E-state index in [2.05, 4.69) is 0 Å². The van der Waals surface area contributed by atoms with Gasteiger partial charge in [-0.15, -0.1) is 0 Å². The summed E-state index contributed by atoms with van der Waals surface area (Å²) >= 11 is 0. The van der Waals surface area contributed by atoms with Gasteiger partial charge in [-0.3, -0.25) is 0 Å². The van der Waals surface area contributed by atoms with Crippen molar-refractivity contribution in [2.24, 2.45) is 5.41 Å². The van der Waals surface area contributed by atoms with Crippen LogP contribution in [0.5, 0.6) is 0 Å². The molecule has 0 N–H and O–H groups in total. The van der Waals surface area contributed by atoms with E-state index < -0.39 is 22.9 Å². The van der Waals surface area contributed by atoms with Crippen molar-refractivity contribution >= 4 is 6.29 Å². The predicted octanol–water partition coefficient (Wildman–Crippen LogP) is 2.63. The molecule has 4 heteroatoms. The smallest absolute Gasteiger partial charge is 0.161 e. The highest BCUT2D eigenvalue weighted by molar-refractivity contribution is 5.64. The molecule has 15 heavy (non-hydrogen) atoms. The summed E-state index contributed by atoms with van der Waals surface area (Å²) in [4.78, 5) is 10.7. The molecule has 2 rings (SSSR count). The topological polar surface area (TPSA) is 17.1 Å². The monoisotopic (exact) mass is 214 g/mol. The van der Waals surface area contributed by atoms with E-state index in [-0.39, 0.29) is 12.0 Å². The van der Waals surface area contributed by atoms with Gasteiger partial charge in [0, 0.05) is 11.5 Å². The molecule has 1 aromatic carbocycles. The lowest BCUT2D eigenvalue weighted by Gasteiger charge is -2.08. The largest absolute Gasteiger partial charge is 0.303 e. The van der Waals surface area contributed by atoms with Crippen molar-refractivity contribution in [1.82, 2.24) is 0 Å². The molecule has 80 valence electrons. The number of carbonyl (C=O) groups excluding carboxylic acids is 1. The lowest BCUT2D eigenvalue weighted by Crippen LogP contribution is -2.08. The highest BCUT2D eigenvalue weighted by Gasteiger charge is 2.43. The molecule has 1 aliphatic carbocycles. The number of carbonyl (C=O) groups is 1. The Bertz CT molecular complexity index is 411. The number of rotatable bonds is 3. The van der Waals surface area contributed by atoms with Crippen molar-refractivity contribution in [2.75, 3.05) is 0 Å². The van der Waals surface area contributed by atoms with E-state index in [1.807, 2.05) is 0 Å². The molecule has 0 spiro atoms. The summed E-state index contributed by atoms with van der Waals surface area (Å²) in [6, 6.07) is 1.35. The van der Waals surface area contributed by atoms with Crippen LogP contribution in [0.1, 0.15) is 18.4 Å². The molecule has 1 aliphatic rings. The fourth-order valence-corrected chi connectivity index (χ4v) is 1.58. The maximum Gasteiger partial charge on any atom is 0.161 e. The van der Waals surface area contributed by atoms with Crippen LogP contribution in [0.3, 0.4) is 0 Å². The summed E-state index contributed by atoms with van der Waals surface area (Å²) in [5.74, 6) is -3.07. The maximum atomic E-state index is 13.2. The second-order valence-corrected chi connectivity index (χ2v) is 4.01. The van der Waals surface area contributed by atoms with Crippen molar-refractivity contribution in [3.63, 3.8) is 0 Å². The number of hydrogen-bond donors (Lipinski definition) is 0. The molecule has 0 radical (unpaired) electrons. The van der Waals surface area contributed by atoms with Crippen LogP contribution in [-0.2, 0) is 11.2 Å². The minimum absolute atomic E-state index is 0.0681. The Morgan fingerprint density at radius 2 is 1.73 bits per heavy atom. The molecule has 1 aromatic rings. The van der Waals surface area contributed by atoms with Crippen LogP contribution in [0.2, 0.25) is 0 Å². The number of hydrogen-bond acceptors (Lipinski definition) is 1. The Morgan fingerprint density at radius 3 is 2.27 bits per heavy atom. The van der Waals surface area contributed by atoms with Gasteiger partial charge in [0.1, 0.15) is 12.1 Å². The van der Waals surface area contributed by atoms with E-state index in [1.54, 1.807) is 0 Å². The van der Waals surface area contributed by atoms with Crippen LogP contribution in [-0.4, -0.2) is 6.29 Å². The van der Waals surface area contributed by atoms with Gasteiger partial charge in [-0.2, -0.15) is 0 Å². The molecular formula is C11H9F3O. The van der Waals surface area contributed by atoms with Gasteiger partial charge in [0.2, 0.25) is 0 Å². The van der Waals surface area contributed by atoms with Crippen molar-refractivity contribution in [1.29, 1.82) is 0 Å². The van der Waals surface area contributed by atoms with Crippen LogP contribution >= 0.6 is 0 Å². The molecule has 0 heterocycles. The molecule has 1 nitrogen and oxygen atoms in total. The van der Waals surface area contributed by atoms with E-state index in [0.717, 1.165) is 12.4 Å². The lowest BCUT2D eigenvalue weighted by molar-refractivity contribution is -0.112. The SMILES string of the molecule is O=CC1(Cc2cc(F)c(F)cc2F)CC1. The zero-order chi connectivity index (χ0) is 11.1. The second-order valence-electron chi connectivity index (χ2n) is 4.01. The lowest BCUT2D eigenvalue weighted by atomic mass is 9.97. The van der Waals surface area contributed by atoms with Crippen LogP contribution in [0.15, 0.2) is 12.1 Å². The van der Waals surface area contributed by atoms with Crippen LogP contribution < -0.4 is 0 Å². The standard InChI is InChI=1S/C11H9F3O/c12-8-4-10(14)9(13)3-7(8)5-11(6-15)1-2-11/h3-4,6H,1-2,5H2. The molecule has 0 atom stereocenters. The Kier molecular flexibility index (Phi) is 2.29. The van der Waals surface area contributed by atoms with Gasteiger partial charge in [-0.25, -0.2) is 13.2 Å². The minimum atomic E-state index is -1.20. The summed E-state index contributed by atoms with van der Waals surface area (Å²) in [6.07, 6.45) is 2.30. The van der Waals surface area contributed by atoms with E-state index in [1.165, 1.54) is 0 Å². The van der Waals surface area contributed by atoms with Crippen LogP contribution in [0, 0.1) is 22.9 Å². The third kappa shape index (κ3) is 1.89. The quantitative estimate of drug-likeness (QED) is 0.558. The molecular weight excluding hydrogens is 205 g/mol. The Labute approximate surface area is 84.9 Å². The highest BCUT2D eigenvalue weighted by atomic mass is 19.2. The first-order valence-corrected chi connectivity index (χ1v) is 4.66. The molecule has 0 aliphatic heterocycles. The van der Waals surface area contributed by atoms with Gasteiger partial charge in [-0.1, -0.05) is 0 Å². The van der Waals surface area contributed by atoms with Crippen molar-refractivity contribution < 1.29 is 18.0 Å². The minimum Gasteiger partial charge on any atom is -0.303 e. The molecule has 0 unspecified atom stereocenters. The van der Waals surface area contributed by atoms with E-state index in [4.69, 9.17) is 0 Å². The molecule has 0 aromatic heterocycles. The number of halogens is 3. The third-order valence-electron chi connectivity index (χ3n) is 2.77. The molecule has 0 amide bonds. The Morgan fingerprint density at radius 1 is 1.13 bits per heavy atom. The van der Waals surface area contributed by atoms with Crippen LogP contribution in [0.25, 0.3) is 0 Å². The van der Waals surface area contributed by atoms with Crippen molar-refractivity contribution in [3.05, 3.63) is 35.1 Å². The molecule has 1 saturated carbocycles. The van der Waals surface area contributed by atoms with Crippen molar-refractivity contribution in [2.45, 2.75) is 19.3 Å². The number of aldehydes is 1. The van der Waals surface area contributed by atoms with Gasteiger partial charge in [0.25, 0.3) is 0 Å². The normalized spacial score (nSPS) is 17.5. The fourth-order valence-electron chi connectivity index (χ4n) is 1.58. The zero-order valence-electron chi connectivity index (χ0n) is 7.90. The highest BCUT2D eigenvalue weighted by Crippen LogP contribution is 2.46. The zero-order valence-corrected chi connectivity index (χ0v) is 7.90. The Balaban J connectivity index is 2.29. The summed E-state index contributed by atoms with van der Waals surface area (Å²) in [7, 11) is 0. The predicted molar refractivity (Wildman–Crippen MR) is 47.8 cm³/mol. The van der Waals surface area contributed by atoms with E-state index >= 15 is 0 Å². The summed E-state index contributed by atoms with van der Waals surface area (Å²) < 4.78 is 38.6. The third-order valence-corrected chi connectivity index (χ3v) is 2.77.